The van der Waals surface area contributed by atoms with E-state index in [0.29, 0.717) is 4.47 Å². The zero-order valence-corrected chi connectivity index (χ0v) is 11.8. The molecule has 0 aliphatic heterocycles. The number of nitrogens with one attached hydrogen (secondary N) is 1. The van der Waals surface area contributed by atoms with Crippen LogP contribution in [0.15, 0.2) is 22.7 Å². The molecule has 1 aromatic rings. The van der Waals surface area contributed by atoms with Crippen LogP contribution >= 0.6 is 15.9 Å². The number of hydrogen-bond acceptors (Lipinski definition) is 2. The van der Waals surface area contributed by atoms with Crippen molar-refractivity contribution in [2.24, 2.45) is 0 Å². The molecule has 6 heteroatoms. The number of hydrogen-bond donors (Lipinski definition) is 1. The van der Waals surface area contributed by atoms with E-state index in [0.717, 1.165) is 6.07 Å². The van der Waals surface area contributed by atoms with Gasteiger partial charge in [-0.25, -0.2) is 4.39 Å². The van der Waals surface area contributed by atoms with Crippen molar-refractivity contribution < 1.29 is 14.0 Å². The topological polar surface area (TPSA) is 49.4 Å². The summed E-state index contributed by atoms with van der Waals surface area (Å²) in [5.41, 5.74) is 0.215. The van der Waals surface area contributed by atoms with Crippen molar-refractivity contribution in [3.8, 4) is 0 Å². The first-order valence-corrected chi connectivity index (χ1v) is 6.14. The summed E-state index contributed by atoms with van der Waals surface area (Å²) in [5, 5.41) is 2.57. The Morgan fingerprint density at radius 3 is 2.67 bits per heavy atom. The molecule has 0 saturated heterocycles. The molecule has 0 atom stereocenters. The summed E-state index contributed by atoms with van der Waals surface area (Å²) in [5.74, 6) is -0.964. The average molecular weight is 317 g/mol. The van der Waals surface area contributed by atoms with Crippen LogP contribution in [0.5, 0.6) is 0 Å². The standard InChI is InChI=1S/C12H14BrFN2O2/c1-16(2)11(17)5-6-15-12(18)9-7-8(14)3-4-10(9)13/h3-4,7H,5-6H2,1-2H3,(H,15,18). The van der Waals surface area contributed by atoms with Gasteiger partial charge in [-0.1, -0.05) is 0 Å². The third-order valence-corrected chi connectivity index (χ3v) is 2.99. The second kappa shape index (κ2) is 6.49. The van der Waals surface area contributed by atoms with Crippen molar-refractivity contribution in [2.75, 3.05) is 20.6 Å². The van der Waals surface area contributed by atoms with E-state index in [-0.39, 0.29) is 24.4 Å². The van der Waals surface area contributed by atoms with Gasteiger partial charge >= 0.3 is 0 Å². The molecule has 0 bridgehead atoms. The second-order valence-corrected chi connectivity index (χ2v) is 4.77. The van der Waals surface area contributed by atoms with Gasteiger partial charge in [0.1, 0.15) is 5.82 Å². The minimum absolute atomic E-state index is 0.0754. The maximum atomic E-state index is 13.0. The number of amides is 2. The van der Waals surface area contributed by atoms with Gasteiger partial charge in [0, 0.05) is 31.5 Å². The van der Waals surface area contributed by atoms with Crippen molar-refractivity contribution in [3.63, 3.8) is 0 Å². The fourth-order valence-corrected chi connectivity index (χ4v) is 1.70. The van der Waals surface area contributed by atoms with Crippen molar-refractivity contribution in [2.45, 2.75) is 6.42 Å². The Hall–Kier alpha value is -1.43. The summed E-state index contributed by atoms with van der Waals surface area (Å²) in [4.78, 5) is 24.5. The molecule has 1 aromatic carbocycles. The highest BCUT2D eigenvalue weighted by molar-refractivity contribution is 9.10. The SMILES string of the molecule is CN(C)C(=O)CCNC(=O)c1cc(F)ccc1Br. The Morgan fingerprint density at radius 1 is 1.39 bits per heavy atom. The van der Waals surface area contributed by atoms with Crippen molar-refractivity contribution in [3.05, 3.63) is 34.1 Å². The molecule has 0 saturated carbocycles. The highest BCUT2D eigenvalue weighted by Gasteiger charge is 2.11. The lowest BCUT2D eigenvalue weighted by Crippen LogP contribution is -2.30. The van der Waals surface area contributed by atoms with Gasteiger partial charge in [0.2, 0.25) is 5.91 Å². The molecule has 2 amide bonds. The Bertz CT molecular complexity index is 463. The van der Waals surface area contributed by atoms with E-state index in [1.165, 1.54) is 17.0 Å². The Kier molecular flexibility index (Phi) is 5.27. The predicted molar refractivity (Wildman–Crippen MR) is 69.7 cm³/mol. The first kappa shape index (κ1) is 14.6. The lowest BCUT2D eigenvalue weighted by molar-refractivity contribution is -0.128. The largest absolute Gasteiger partial charge is 0.351 e. The molecule has 0 aromatic heterocycles. The molecule has 4 nitrogen and oxygen atoms in total. The van der Waals surface area contributed by atoms with E-state index in [4.69, 9.17) is 0 Å². The highest BCUT2D eigenvalue weighted by Crippen LogP contribution is 2.17. The monoisotopic (exact) mass is 316 g/mol. The van der Waals surface area contributed by atoms with Crippen LogP contribution in [0.2, 0.25) is 0 Å². The number of carbonyl (C=O) groups excluding carboxylic acids is 2. The normalized spacial score (nSPS) is 10.0. The molecule has 0 aliphatic rings. The van der Waals surface area contributed by atoms with Crippen LogP contribution in [-0.2, 0) is 4.79 Å². The highest BCUT2D eigenvalue weighted by atomic mass is 79.9. The van der Waals surface area contributed by atoms with Gasteiger partial charge in [0.05, 0.1) is 5.56 Å². The Labute approximate surface area is 113 Å². The van der Waals surface area contributed by atoms with Crippen LogP contribution in [0.25, 0.3) is 0 Å². The maximum Gasteiger partial charge on any atom is 0.252 e. The molecule has 1 rings (SSSR count). The van der Waals surface area contributed by atoms with Crippen LogP contribution in [0.3, 0.4) is 0 Å². The molecule has 18 heavy (non-hydrogen) atoms. The molecule has 0 fully saturated rings. The van der Waals surface area contributed by atoms with E-state index in [1.54, 1.807) is 14.1 Å². The molecule has 0 unspecified atom stereocenters. The zero-order chi connectivity index (χ0) is 13.7. The molecule has 0 radical (unpaired) electrons. The van der Waals surface area contributed by atoms with Gasteiger partial charge in [0.25, 0.3) is 5.91 Å². The van der Waals surface area contributed by atoms with Crippen LogP contribution < -0.4 is 5.32 Å². The van der Waals surface area contributed by atoms with Gasteiger partial charge in [-0.15, -0.1) is 0 Å². The Morgan fingerprint density at radius 2 is 2.06 bits per heavy atom. The van der Waals surface area contributed by atoms with Crippen LogP contribution in [-0.4, -0.2) is 37.4 Å². The summed E-state index contributed by atoms with van der Waals surface area (Å²) >= 11 is 3.17. The molecule has 0 aliphatic carbocycles. The third-order valence-electron chi connectivity index (χ3n) is 2.30. The summed E-state index contributed by atoms with van der Waals surface area (Å²) < 4.78 is 13.5. The first-order chi connectivity index (χ1) is 8.41. The fourth-order valence-electron chi connectivity index (χ4n) is 1.27. The van der Waals surface area contributed by atoms with Crippen LogP contribution in [0.4, 0.5) is 4.39 Å². The van der Waals surface area contributed by atoms with Gasteiger partial charge < -0.3 is 10.2 Å². The number of benzene rings is 1. The molecule has 0 heterocycles. The van der Waals surface area contributed by atoms with Crippen molar-refractivity contribution in [1.29, 1.82) is 0 Å². The summed E-state index contributed by atoms with van der Waals surface area (Å²) in [6.07, 6.45) is 0.214. The minimum atomic E-state index is -0.479. The summed E-state index contributed by atoms with van der Waals surface area (Å²) in [7, 11) is 3.29. The lowest BCUT2D eigenvalue weighted by atomic mass is 10.2. The molecule has 1 N–H and O–H groups in total. The average Bonchev–Trinajstić information content (AvgIpc) is 2.31. The number of rotatable bonds is 4. The summed E-state index contributed by atoms with van der Waals surface area (Å²) in [6, 6.07) is 3.87. The fraction of sp³-hybridized carbons (Fsp3) is 0.333. The zero-order valence-electron chi connectivity index (χ0n) is 10.2. The van der Waals surface area contributed by atoms with Gasteiger partial charge in [-0.3, -0.25) is 9.59 Å². The van der Waals surface area contributed by atoms with Gasteiger partial charge in [-0.05, 0) is 34.1 Å². The maximum absolute atomic E-state index is 13.0. The van der Waals surface area contributed by atoms with Gasteiger partial charge in [0.15, 0.2) is 0 Å². The first-order valence-electron chi connectivity index (χ1n) is 5.35. The van der Waals surface area contributed by atoms with E-state index in [1.807, 2.05) is 0 Å². The Balaban J connectivity index is 2.56. The van der Waals surface area contributed by atoms with Crippen LogP contribution in [0.1, 0.15) is 16.8 Å². The number of nitrogens with zero attached hydrogens (tertiary/aromatic N) is 1. The smallest absolute Gasteiger partial charge is 0.252 e. The second-order valence-electron chi connectivity index (χ2n) is 3.92. The van der Waals surface area contributed by atoms with E-state index >= 15 is 0 Å². The number of halogens is 2. The molecular formula is C12H14BrFN2O2. The third kappa shape index (κ3) is 4.10. The predicted octanol–water partition coefficient (Wildman–Crippen LogP) is 1.80. The molecule has 98 valence electrons. The number of carbonyl (C=O) groups is 2. The minimum Gasteiger partial charge on any atom is -0.351 e. The molecular weight excluding hydrogens is 303 g/mol. The van der Waals surface area contributed by atoms with E-state index in [2.05, 4.69) is 21.2 Å². The van der Waals surface area contributed by atoms with Gasteiger partial charge in [-0.2, -0.15) is 0 Å². The van der Waals surface area contributed by atoms with E-state index < -0.39 is 11.7 Å². The lowest BCUT2D eigenvalue weighted by Gasteiger charge is -2.11. The van der Waals surface area contributed by atoms with E-state index in [9.17, 15) is 14.0 Å². The summed E-state index contributed by atoms with van der Waals surface area (Å²) in [6.45, 7) is 0.221. The van der Waals surface area contributed by atoms with Crippen LogP contribution in [0, 0.1) is 5.82 Å². The van der Waals surface area contributed by atoms with Crippen molar-refractivity contribution in [1.82, 2.24) is 10.2 Å². The molecule has 0 spiro atoms. The van der Waals surface area contributed by atoms with Crippen molar-refractivity contribution >= 4 is 27.7 Å². The quantitative estimate of drug-likeness (QED) is 0.920.